The lowest BCUT2D eigenvalue weighted by Crippen LogP contribution is -2.13. The second-order valence-corrected chi connectivity index (χ2v) is 5.21. The fraction of sp³-hybridized carbons (Fsp3) is 0.167. The van der Waals surface area contributed by atoms with Crippen LogP contribution >= 0.6 is 0 Å². The van der Waals surface area contributed by atoms with Crippen molar-refractivity contribution in [2.75, 3.05) is 12.4 Å². The van der Waals surface area contributed by atoms with Gasteiger partial charge in [0, 0.05) is 18.0 Å². The molecule has 0 atom stereocenters. The Labute approximate surface area is 144 Å². The van der Waals surface area contributed by atoms with Crippen molar-refractivity contribution < 1.29 is 18.7 Å². The number of ether oxygens (including phenoxy) is 2. The maximum absolute atomic E-state index is 12.2. The summed E-state index contributed by atoms with van der Waals surface area (Å²) in [6.07, 6.45) is 1.58. The number of rotatable bonds is 6. The van der Waals surface area contributed by atoms with E-state index in [1.807, 2.05) is 25.1 Å². The molecule has 0 saturated heterocycles. The van der Waals surface area contributed by atoms with Crippen LogP contribution in [0, 0.1) is 6.92 Å². The number of hydrogen-bond acceptors (Lipinski definition) is 6. The van der Waals surface area contributed by atoms with Crippen molar-refractivity contribution in [2.24, 2.45) is 0 Å². The van der Waals surface area contributed by atoms with E-state index in [1.54, 1.807) is 37.6 Å². The third-order valence-corrected chi connectivity index (χ3v) is 3.33. The molecule has 0 spiro atoms. The minimum absolute atomic E-state index is 0.161. The molecule has 1 amide bonds. The number of benzene rings is 1. The molecule has 0 unspecified atom stereocenters. The Morgan fingerprint density at radius 1 is 1.20 bits per heavy atom. The molecular weight excluding hydrogens is 322 g/mol. The summed E-state index contributed by atoms with van der Waals surface area (Å²) in [4.78, 5) is 20.3. The Morgan fingerprint density at radius 3 is 2.84 bits per heavy atom. The molecule has 0 bridgehead atoms. The van der Waals surface area contributed by atoms with E-state index in [0.717, 1.165) is 5.69 Å². The molecule has 7 heteroatoms. The minimum atomic E-state index is -0.418. The molecule has 0 aliphatic rings. The standard InChI is InChI=1S/C18H17N3O4/c1-12-8-9-19-18(20-12)21-17(22)16-7-6-15(25-16)11-24-14-5-3-4-13(10-14)23-2/h3-10H,11H2,1-2H3,(H,19,20,21,22). The van der Waals surface area contributed by atoms with Crippen molar-refractivity contribution in [3.05, 3.63) is 65.9 Å². The van der Waals surface area contributed by atoms with Gasteiger partial charge in [-0.25, -0.2) is 9.97 Å². The number of hydrogen-bond donors (Lipinski definition) is 1. The molecule has 2 heterocycles. The molecule has 1 aromatic carbocycles. The molecule has 0 radical (unpaired) electrons. The summed E-state index contributed by atoms with van der Waals surface area (Å²) in [5.74, 6) is 1.85. The number of nitrogens with zero attached hydrogens (tertiary/aromatic N) is 2. The summed E-state index contributed by atoms with van der Waals surface area (Å²) in [7, 11) is 1.59. The average molecular weight is 339 g/mol. The molecule has 3 rings (SSSR count). The molecule has 2 aromatic heterocycles. The quantitative estimate of drug-likeness (QED) is 0.742. The van der Waals surface area contributed by atoms with Gasteiger partial charge in [0.2, 0.25) is 5.95 Å². The van der Waals surface area contributed by atoms with Gasteiger partial charge in [-0.05, 0) is 37.3 Å². The maximum atomic E-state index is 12.2. The monoisotopic (exact) mass is 339 g/mol. The van der Waals surface area contributed by atoms with Crippen molar-refractivity contribution in [1.29, 1.82) is 0 Å². The van der Waals surface area contributed by atoms with E-state index in [9.17, 15) is 4.79 Å². The highest BCUT2D eigenvalue weighted by atomic mass is 16.5. The lowest BCUT2D eigenvalue weighted by Gasteiger charge is -2.06. The fourth-order valence-electron chi connectivity index (χ4n) is 2.10. The van der Waals surface area contributed by atoms with Crippen molar-refractivity contribution in [3.63, 3.8) is 0 Å². The Hall–Kier alpha value is -3.35. The highest BCUT2D eigenvalue weighted by Crippen LogP contribution is 2.20. The lowest BCUT2D eigenvalue weighted by atomic mass is 10.3. The summed E-state index contributed by atoms with van der Waals surface area (Å²) in [6, 6.07) is 12.3. The number of carbonyl (C=O) groups excluding carboxylic acids is 1. The second-order valence-electron chi connectivity index (χ2n) is 5.21. The first-order valence-corrected chi connectivity index (χ1v) is 7.60. The molecule has 0 saturated carbocycles. The number of aromatic nitrogens is 2. The molecule has 128 valence electrons. The van der Waals surface area contributed by atoms with Crippen molar-refractivity contribution in [1.82, 2.24) is 9.97 Å². The summed E-state index contributed by atoms with van der Waals surface area (Å²) >= 11 is 0. The van der Waals surface area contributed by atoms with Crippen LogP contribution in [-0.2, 0) is 6.61 Å². The third-order valence-electron chi connectivity index (χ3n) is 3.33. The average Bonchev–Trinajstić information content (AvgIpc) is 3.09. The number of furan rings is 1. The number of aryl methyl sites for hydroxylation is 1. The largest absolute Gasteiger partial charge is 0.497 e. The second kappa shape index (κ2) is 7.48. The first-order chi connectivity index (χ1) is 12.1. The van der Waals surface area contributed by atoms with Crippen molar-refractivity contribution in [3.8, 4) is 11.5 Å². The Balaban J connectivity index is 1.60. The van der Waals surface area contributed by atoms with Gasteiger partial charge in [0.15, 0.2) is 5.76 Å². The molecule has 3 aromatic rings. The number of anilines is 1. The fourth-order valence-corrected chi connectivity index (χ4v) is 2.10. The summed E-state index contributed by atoms with van der Waals surface area (Å²) in [5.41, 5.74) is 0.761. The summed E-state index contributed by atoms with van der Waals surface area (Å²) in [5, 5.41) is 2.59. The van der Waals surface area contributed by atoms with Gasteiger partial charge < -0.3 is 13.9 Å². The Morgan fingerprint density at radius 2 is 2.04 bits per heavy atom. The van der Waals surface area contributed by atoms with Gasteiger partial charge in [-0.2, -0.15) is 0 Å². The predicted molar refractivity (Wildman–Crippen MR) is 90.8 cm³/mol. The van der Waals surface area contributed by atoms with Crippen LogP contribution < -0.4 is 14.8 Å². The van der Waals surface area contributed by atoms with E-state index >= 15 is 0 Å². The molecule has 0 aliphatic heterocycles. The van der Waals surface area contributed by atoms with Gasteiger partial charge in [0.05, 0.1) is 7.11 Å². The van der Waals surface area contributed by atoms with Crippen LogP contribution in [0.5, 0.6) is 11.5 Å². The van der Waals surface area contributed by atoms with Gasteiger partial charge in [0.1, 0.15) is 23.9 Å². The highest BCUT2D eigenvalue weighted by Gasteiger charge is 2.13. The van der Waals surface area contributed by atoms with E-state index < -0.39 is 5.91 Å². The minimum Gasteiger partial charge on any atom is -0.497 e. The lowest BCUT2D eigenvalue weighted by molar-refractivity contribution is 0.0991. The SMILES string of the molecule is COc1cccc(OCc2ccc(C(=O)Nc3nccc(C)n3)o2)c1. The Bertz CT molecular complexity index is 876. The highest BCUT2D eigenvalue weighted by molar-refractivity contribution is 6.01. The predicted octanol–water partition coefficient (Wildman–Crippen LogP) is 3.22. The maximum Gasteiger partial charge on any atom is 0.293 e. The van der Waals surface area contributed by atoms with E-state index in [0.29, 0.717) is 17.3 Å². The zero-order valence-corrected chi connectivity index (χ0v) is 13.9. The molecule has 0 aliphatic carbocycles. The summed E-state index contributed by atoms with van der Waals surface area (Å²) in [6.45, 7) is 2.01. The molecular formula is C18H17N3O4. The van der Waals surface area contributed by atoms with Gasteiger partial charge in [-0.3, -0.25) is 10.1 Å². The van der Waals surface area contributed by atoms with Crippen LogP contribution in [-0.4, -0.2) is 23.0 Å². The van der Waals surface area contributed by atoms with Gasteiger partial charge in [-0.1, -0.05) is 6.07 Å². The first kappa shape index (κ1) is 16.5. The normalized spacial score (nSPS) is 10.3. The zero-order valence-electron chi connectivity index (χ0n) is 13.9. The van der Waals surface area contributed by atoms with Crippen LogP contribution in [0.15, 0.2) is 53.1 Å². The number of amides is 1. The molecule has 1 N–H and O–H groups in total. The van der Waals surface area contributed by atoms with Gasteiger partial charge in [-0.15, -0.1) is 0 Å². The molecule has 7 nitrogen and oxygen atoms in total. The van der Waals surface area contributed by atoms with E-state index in [1.165, 1.54) is 0 Å². The van der Waals surface area contributed by atoms with Crippen LogP contribution in [0.4, 0.5) is 5.95 Å². The summed E-state index contributed by atoms with van der Waals surface area (Å²) < 4.78 is 16.3. The van der Waals surface area contributed by atoms with Crippen LogP contribution in [0.25, 0.3) is 0 Å². The third kappa shape index (κ3) is 4.35. The zero-order chi connectivity index (χ0) is 17.6. The van der Waals surface area contributed by atoms with E-state index in [-0.39, 0.29) is 18.3 Å². The van der Waals surface area contributed by atoms with Crippen molar-refractivity contribution >= 4 is 11.9 Å². The van der Waals surface area contributed by atoms with Crippen molar-refractivity contribution in [2.45, 2.75) is 13.5 Å². The number of carbonyl (C=O) groups is 1. The van der Waals surface area contributed by atoms with Crippen LogP contribution in [0.3, 0.4) is 0 Å². The molecule has 0 fully saturated rings. The van der Waals surface area contributed by atoms with Crippen LogP contribution in [0.1, 0.15) is 22.0 Å². The Kier molecular flexibility index (Phi) is 4.94. The van der Waals surface area contributed by atoms with Crippen LogP contribution in [0.2, 0.25) is 0 Å². The topological polar surface area (TPSA) is 86.5 Å². The molecule has 25 heavy (non-hydrogen) atoms. The van der Waals surface area contributed by atoms with Gasteiger partial charge >= 0.3 is 0 Å². The van der Waals surface area contributed by atoms with Gasteiger partial charge in [0.25, 0.3) is 5.91 Å². The smallest absolute Gasteiger partial charge is 0.293 e. The first-order valence-electron chi connectivity index (χ1n) is 7.60. The van der Waals surface area contributed by atoms with E-state index in [4.69, 9.17) is 13.9 Å². The number of methoxy groups -OCH3 is 1. The van der Waals surface area contributed by atoms with E-state index in [2.05, 4.69) is 15.3 Å². The number of nitrogens with one attached hydrogen (secondary N) is 1.